The van der Waals surface area contributed by atoms with Gasteiger partial charge in [-0.25, -0.2) is 0 Å². The second kappa shape index (κ2) is 4.56. The zero-order valence-corrected chi connectivity index (χ0v) is 12.3. The van der Waals surface area contributed by atoms with Gasteiger partial charge in [0.2, 0.25) is 0 Å². The van der Waals surface area contributed by atoms with E-state index in [1.54, 1.807) is 11.8 Å². The van der Waals surface area contributed by atoms with Crippen molar-refractivity contribution in [2.45, 2.75) is 10.2 Å². The van der Waals surface area contributed by atoms with Crippen LogP contribution in [0.1, 0.15) is 5.56 Å². The van der Waals surface area contributed by atoms with Gasteiger partial charge in [0.15, 0.2) is 0 Å². The van der Waals surface area contributed by atoms with Crippen molar-refractivity contribution in [3.63, 3.8) is 0 Å². The average Bonchev–Trinajstić information content (AvgIpc) is 2.52. The molecule has 0 spiro atoms. The summed E-state index contributed by atoms with van der Waals surface area (Å²) in [6, 6.07) is 6.49. The predicted octanol–water partition coefficient (Wildman–Crippen LogP) is 5.28. The van der Waals surface area contributed by atoms with Crippen LogP contribution in [0.4, 0.5) is 0 Å². The van der Waals surface area contributed by atoms with Gasteiger partial charge in [-0.05, 0) is 39.2 Å². The highest BCUT2D eigenvalue weighted by Crippen LogP contribution is 2.40. The molecular formula is C10H8Br2S2. The van der Waals surface area contributed by atoms with E-state index in [0.29, 0.717) is 0 Å². The number of hydrogen-bond acceptors (Lipinski definition) is 2. The number of thiophene rings is 1. The third kappa shape index (κ3) is 1.77. The fourth-order valence-corrected chi connectivity index (χ4v) is 5.22. The zero-order chi connectivity index (χ0) is 10.1. The number of hydrogen-bond donors (Lipinski definition) is 0. The van der Waals surface area contributed by atoms with Crippen LogP contribution >= 0.6 is 55.0 Å². The molecule has 0 N–H and O–H groups in total. The van der Waals surface area contributed by atoms with Crippen molar-refractivity contribution < 1.29 is 0 Å². The fraction of sp³-hybridized carbons (Fsp3) is 0.200. The summed E-state index contributed by atoms with van der Waals surface area (Å²) in [6.07, 6.45) is 2.12. The van der Waals surface area contributed by atoms with Crippen LogP contribution in [-0.4, -0.2) is 6.26 Å². The summed E-state index contributed by atoms with van der Waals surface area (Å²) in [5, 5.41) is 2.27. The van der Waals surface area contributed by atoms with Gasteiger partial charge in [0.1, 0.15) is 0 Å². The van der Waals surface area contributed by atoms with Gasteiger partial charge in [0.05, 0.1) is 3.79 Å². The number of thioether (sulfide) groups is 1. The van der Waals surface area contributed by atoms with E-state index >= 15 is 0 Å². The predicted molar refractivity (Wildman–Crippen MR) is 73.9 cm³/mol. The van der Waals surface area contributed by atoms with Crippen LogP contribution in [0.2, 0.25) is 0 Å². The van der Waals surface area contributed by atoms with Crippen LogP contribution in [-0.2, 0) is 5.33 Å². The lowest BCUT2D eigenvalue weighted by Crippen LogP contribution is -1.75. The highest BCUT2D eigenvalue weighted by Gasteiger charge is 2.10. The van der Waals surface area contributed by atoms with Gasteiger partial charge in [-0.2, -0.15) is 0 Å². The second-order valence-corrected chi connectivity index (χ2v) is 6.57. The highest BCUT2D eigenvalue weighted by molar-refractivity contribution is 9.11. The molecule has 0 atom stereocenters. The third-order valence-electron chi connectivity index (χ3n) is 2.09. The van der Waals surface area contributed by atoms with E-state index in [4.69, 9.17) is 0 Å². The molecule has 2 aromatic rings. The first-order valence-corrected chi connectivity index (χ1v) is 8.03. The molecule has 0 radical (unpaired) electrons. The summed E-state index contributed by atoms with van der Waals surface area (Å²) < 4.78 is 2.63. The monoisotopic (exact) mass is 350 g/mol. The standard InChI is InChI=1S/C10H8Br2S2/c1-13-8-4-2-3-6-7(5-11)10(12)14-9(6)8/h2-4H,5H2,1H3. The van der Waals surface area contributed by atoms with Crippen molar-refractivity contribution in [2.75, 3.05) is 6.26 Å². The van der Waals surface area contributed by atoms with Crippen molar-refractivity contribution in [2.24, 2.45) is 0 Å². The summed E-state index contributed by atoms with van der Waals surface area (Å²) >= 11 is 10.8. The largest absolute Gasteiger partial charge is 0.128 e. The lowest BCUT2D eigenvalue weighted by molar-refractivity contribution is 1.50. The molecule has 2 rings (SSSR count). The number of halogens is 2. The molecule has 0 bridgehead atoms. The molecular weight excluding hydrogens is 344 g/mol. The highest BCUT2D eigenvalue weighted by atomic mass is 79.9. The van der Waals surface area contributed by atoms with E-state index < -0.39 is 0 Å². The topological polar surface area (TPSA) is 0 Å². The van der Waals surface area contributed by atoms with Crippen LogP contribution in [0.3, 0.4) is 0 Å². The molecule has 0 aliphatic carbocycles. The Morgan fingerprint density at radius 1 is 1.43 bits per heavy atom. The SMILES string of the molecule is CSc1cccc2c(CBr)c(Br)sc12. The molecule has 0 aliphatic rings. The lowest BCUT2D eigenvalue weighted by Gasteiger charge is -1.98. The van der Waals surface area contributed by atoms with E-state index in [2.05, 4.69) is 56.3 Å². The average molecular weight is 352 g/mol. The van der Waals surface area contributed by atoms with E-state index in [1.165, 1.54) is 24.3 Å². The molecule has 1 heterocycles. The van der Waals surface area contributed by atoms with E-state index in [1.807, 2.05) is 11.3 Å². The van der Waals surface area contributed by atoms with Gasteiger partial charge in [-0.15, -0.1) is 23.1 Å². The Balaban J connectivity index is 2.79. The lowest BCUT2D eigenvalue weighted by atomic mass is 10.2. The Morgan fingerprint density at radius 3 is 2.86 bits per heavy atom. The van der Waals surface area contributed by atoms with Crippen LogP contribution in [0, 0.1) is 0 Å². The van der Waals surface area contributed by atoms with Gasteiger partial charge in [0, 0.05) is 14.9 Å². The minimum Gasteiger partial charge on any atom is -0.128 e. The minimum absolute atomic E-state index is 0.908. The third-order valence-corrected chi connectivity index (χ3v) is 5.59. The van der Waals surface area contributed by atoms with Gasteiger partial charge < -0.3 is 0 Å². The van der Waals surface area contributed by atoms with Crippen molar-refractivity contribution in [1.82, 2.24) is 0 Å². The summed E-state index contributed by atoms with van der Waals surface area (Å²) in [6.45, 7) is 0. The quantitative estimate of drug-likeness (QED) is 0.523. The zero-order valence-electron chi connectivity index (χ0n) is 7.51. The van der Waals surface area contributed by atoms with Gasteiger partial charge >= 0.3 is 0 Å². The summed E-state index contributed by atoms with van der Waals surface area (Å²) in [4.78, 5) is 1.36. The molecule has 0 unspecified atom stereocenters. The summed E-state index contributed by atoms with van der Waals surface area (Å²) in [5.41, 5.74) is 1.36. The molecule has 0 aliphatic heterocycles. The molecule has 0 amide bonds. The number of rotatable bonds is 2. The molecule has 0 fully saturated rings. The van der Waals surface area contributed by atoms with Crippen molar-refractivity contribution in [3.8, 4) is 0 Å². The maximum Gasteiger partial charge on any atom is 0.0751 e. The Morgan fingerprint density at radius 2 is 2.21 bits per heavy atom. The van der Waals surface area contributed by atoms with Crippen LogP contribution in [0.25, 0.3) is 10.1 Å². The van der Waals surface area contributed by atoms with Crippen LogP contribution in [0.15, 0.2) is 26.9 Å². The van der Waals surface area contributed by atoms with E-state index in [0.717, 1.165) is 5.33 Å². The smallest absolute Gasteiger partial charge is 0.0751 e. The Kier molecular flexibility index (Phi) is 3.58. The number of alkyl halides is 1. The van der Waals surface area contributed by atoms with Crippen LogP contribution in [0.5, 0.6) is 0 Å². The maximum absolute atomic E-state index is 3.61. The van der Waals surface area contributed by atoms with Gasteiger partial charge in [-0.3, -0.25) is 0 Å². The molecule has 1 aromatic heterocycles. The summed E-state index contributed by atoms with van der Waals surface area (Å²) in [5.74, 6) is 0. The Labute approximate surface area is 108 Å². The van der Waals surface area contributed by atoms with Crippen LogP contribution < -0.4 is 0 Å². The molecule has 0 saturated carbocycles. The van der Waals surface area contributed by atoms with Crippen molar-refractivity contribution in [3.05, 3.63) is 27.5 Å². The van der Waals surface area contributed by atoms with Gasteiger partial charge in [0.25, 0.3) is 0 Å². The normalized spacial score (nSPS) is 11.1. The maximum atomic E-state index is 3.61. The van der Waals surface area contributed by atoms with E-state index in [-0.39, 0.29) is 0 Å². The number of fused-ring (bicyclic) bond motifs is 1. The first kappa shape index (κ1) is 11.0. The molecule has 74 valence electrons. The first-order valence-electron chi connectivity index (χ1n) is 4.07. The minimum atomic E-state index is 0.908. The first-order chi connectivity index (χ1) is 6.77. The van der Waals surface area contributed by atoms with Crippen molar-refractivity contribution >= 4 is 65.0 Å². The second-order valence-electron chi connectivity index (χ2n) is 2.82. The number of benzene rings is 1. The fourth-order valence-electron chi connectivity index (χ4n) is 1.40. The Hall–Kier alpha value is 0.490. The molecule has 0 saturated heterocycles. The molecule has 14 heavy (non-hydrogen) atoms. The molecule has 0 nitrogen and oxygen atoms in total. The van der Waals surface area contributed by atoms with E-state index in [9.17, 15) is 0 Å². The molecule has 1 aromatic carbocycles. The molecule has 4 heteroatoms. The summed E-state index contributed by atoms with van der Waals surface area (Å²) in [7, 11) is 0. The Bertz CT molecular complexity index is 462. The van der Waals surface area contributed by atoms with Crippen molar-refractivity contribution in [1.29, 1.82) is 0 Å². The van der Waals surface area contributed by atoms with Gasteiger partial charge in [-0.1, -0.05) is 28.1 Å².